The Hall–Kier alpha value is -2.00. The Morgan fingerprint density at radius 1 is 1.15 bits per heavy atom. The highest BCUT2D eigenvalue weighted by Gasteiger charge is 2.28. The minimum absolute atomic E-state index is 0.0830. The van der Waals surface area contributed by atoms with Crippen molar-refractivity contribution in [2.24, 2.45) is 0 Å². The van der Waals surface area contributed by atoms with Crippen LogP contribution in [0.2, 0.25) is 0 Å². The Morgan fingerprint density at radius 2 is 1.80 bits per heavy atom. The van der Waals surface area contributed by atoms with Crippen LogP contribution in [0.4, 0.5) is 5.82 Å². The van der Waals surface area contributed by atoms with Crippen molar-refractivity contribution in [3.05, 3.63) is 48.2 Å². The van der Waals surface area contributed by atoms with Gasteiger partial charge >= 0.3 is 0 Å². The Kier molecular flexibility index (Phi) is 3.36. The fourth-order valence-corrected chi connectivity index (χ4v) is 3.38. The van der Waals surface area contributed by atoms with Gasteiger partial charge in [0.05, 0.1) is 0 Å². The molecule has 0 atom stereocenters. The zero-order chi connectivity index (χ0) is 14.0. The number of para-hydroxylation sites is 2. The molecule has 0 fully saturated rings. The van der Waals surface area contributed by atoms with Crippen molar-refractivity contribution in [1.82, 2.24) is 4.98 Å². The summed E-state index contributed by atoms with van der Waals surface area (Å²) in [5.41, 5.74) is 1.05. The Balaban J connectivity index is 1.79. The fourth-order valence-electron chi connectivity index (χ4n) is 1.94. The molecule has 0 saturated carbocycles. The first-order valence-electron chi connectivity index (χ1n) is 6.28. The van der Waals surface area contributed by atoms with E-state index < -0.39 is 7.29 Å². The van der Waals surface area contributed by atoms with Crippen LogP contribution < -0.4 is 14.6 Å². The Morgan fingerprint density at radius 3 is 2.40 bits per heavy atom. The first-order valence-corrected chi connectivity index (χ1v) is 8.36. The van der Waals surface area contributed by atoms with Crippen LogP contribution in [-0.2, 0) is 4.57 Å². The second-order valence-corrected chi connectivity index (χ2v) is 7.23. The number of ether oxygens (including phenoxy) is 2. The van der Waals surface area contributed by atoms with Gasteiger partial charge < -0.3 is 14.6 Å². The molecule has 0 radical (unpaired) electrons. The molecule has 104 valence electrons. The van der Waals surface area contributed by atoms with Crippen molar-refractivity contribution in [2.45, 2.75) is 6.92 Å². The van der Waals surface area contributed by atoms with Gasteiger partial charge in [0.2, 0.25) is 7.29 Å². The fraction of sp³-hybridized carbons (Fsp3) is 0.214. The maximum atomic E-state index is 12.8. The van der Waals surface area contributed by atoms with E-state index in [1.807, 2.05) is 31.2 Å². The quantitative estimate of drug-likeness (QED) is 0.858. The predicted octanol–water partition coefficient (Wildman–Crippen LogP) is 3.47. The molecule has 2 heterocycles. The second kappa shape index (κ2) is 5.17. The first kappa shape index (κ1) is 13.0. The zero-order valence-electron chi connectivity index (χ0n) is 11.1. The van der Waals surface area contributed by atoms with E-state index in [-0.39, 0.29) is 12.7 Å². The van der Waals surface area contributed by atoms with Crippen molar-refractivity contribution in [2.75, 3.05) is 17.8 Å². The van der Waals surface area contributed by atoms with Crippen LogP contribution in [0.5, 0.6) is 11.5 Å². The number of aryl methyl sites for hydroxylation is 1. The van der Waals surface area contributed by atoms with Crippen molar-refractivity contribution >= 4 is 13.1 Å². The summed E-state index contributed by atoms with van der Waals surface area (Å²) in [4.78, 5) is 4.16. The van der Waals surface area contributed by atoms with Crippen LogP contribution in [0.25, 0.3) is 0 Å². The third-order valence-electron chi connectivity index (χ3n) is 2.94. The molecule has 20 heavy (non-hydrogen) atoms. The molecular weight excluding hydrogens is 275 g/mol. The zero-order valence-corrected chi connectivity index (χ0v) is 12.0. The van der Waals surface area contributed by atoms with E-state index in [2.05, 4.69) is 10.1 Å². The Bertz CT molecular complexity index is 644. The van der Waals surface area contributed by atoms with E-state index in [1.165, 1.54) is 0 Å². The van der Waals surface area contributed by atoms with E-state index in [0.717, 1.165) is 5.56 Å². The summed E-state index contributed by atoms with van der Waals surface area (Å²) in [6, 6.07) is 11.0. The highest BCUT2D eigenvalue weighted by Crippen LogP contribution is 2.48. The van der Waals surface area contributed by atoms with Crippen LogP contribution >= 0.6 is 7.29 Å². The molecule has 2 aromatic rings. The third kappa shape index (κ3) is 2.78. The minimum atomic E-state index is -2.84. The molecule has 0 saturated heterocycles. The summed E-state index contributed by atoms with van der Waals surface area (Å²) in [5.74, 6) is 1.81. The minimum Gasteiger partial charge on any atom is -0.480 e. The van der Waals surface area contributed by atoms with Crippen LogP contribution in [0, 0.1) is 6.92 Å². The van der Waals surface area contributed by atoms with Crippen LogP contribution in [0.1, 0.15) is 5.56 Å². The standard InChI is InChI=1S/C14H15N2O3P/c1-11-6-7-15-14(8-11)16-20(17)9-18-12-4-2-3-5-13(12)19-10-20/h2-8H,9-10H2,1H3,(H,15,16,17). The lowest BCUT2D eigenvalue weighted by Crippen LogP contribution is -2.10. The number of benzene rings is 1. The van der Waals surface area contributed by atoms with Gasteiger partial charge in [-0.3, -0.25) is 4.57 Å². The number of aromatic nitrogens is 1. The molecule has 6 heteroatoms. The number of fused-ring (bicyclic) bond motifs is 1. The van der Waals surface area contributed by atoms with E-state index >= 15 is 0 Å². The summed E-state index contributed by atoms with van der Waals surface area (Å²) in [5, 5.41) is 2.97. The average Bonchev–Trinajstić information content (AvgIpc) is 2.59. The van der Waals surface area contributed by atoms with E-state index in [9.17, 15) is 4.57 Å². The molecule has 0 aliphatic carbocycles. The normalized spacial score (nSPS) is 16.2. The lowest BCUT2D eigenvalue weighted by molar-refractivity contribution is 0.355. The van der Waals surface area contributed by atoms with Gasteiger partial charge in [-0.15, -0.1) is 0 Å². The second-order valence-electron chi connectivity index (χ2n) is 4.71. The van der Waals surface area contributed by atoms with Crippen LogP contribution in [0.3, 0.4) is 0 Å². The molecule has 1 aromatic carbocycles. The molecule has 0 bridgehead atoms. The lowest BCUT2D eigenvalue weighted by Gasteiger charge is -2.17. The van der Waals surface area contributed by atoms with Crippen LogP contribution in [0.15, 0.2) is 42.6 Å². The molecule has 0 unspecified atom stereocenters. The summed E-state index contributed by atoms with van der Waals surface area (Å²) in [6.45, 7) is 1.96. The summed E-state index contributed by atoms with van der Waals surface area (Å²) in [6.07, 6.45) is 1.84. The van der Waals surface area contributed by atoms with Gasteiger partial charge in [-0.05, 0) is 36.8 Å². The van der Waals surface area contributed by atoms with E-state index in [1.54, 1.807) is 18.3 Å². The topological polar surface area (TPSA) is 60.5 Å². The third-order valence-corrected chi connectivity index (χ3v) is 4.67. The van der Waals surface area contributed by atoms with Crippen molar-refractivity contribution in [3.8, 4) is 11.5 Å². The number of hydrogen-bond acceptors (Lipinski definition) is 4. The number of pyridine rings is 1. The molecular formula is C14H15N2O3P. The highest BCUT2D eigenvalue weighted by atomic mass is 31.2. The lowest BCUT2D eigenvalue weighted by atomic mass is 10.3. The maximum Gasteiger partial charge on any atom is 0.242 e. The molecule has 1 aromatic heterocycles. The van der Waals surface area contributed by atoms with Crippen LogP contribution in [-0.4, -0.2) is 17.7 Å². The largest absolute Gasteiger partial charge is 0.480 e. The van der Waals surface area contributed by atoms with Gasteiger partial charge in [-0.25, -0.2) is 4.98 Å². The van der Waals surface area contributed by atoms with Gasteiger partial charge in [-0.1, -0.05) is 12.1 Å². The van der Waals surface area contributed by atoms with Gasteiger partial charge in [-0.2, -0.15) is 0 Å². The van der Waals surface area contributed by atoms with Gasteiger partial charge in [0.15, 0.2) is 24.2 Å². The van der Waals surface area contributed by atoms with Gasteiger partial charge in [0.25, 0.3) is 0 Å². The molecule has 0 amide bonds. The number of hydrogen-bond donors (Lipinski definition) is 1. The predicted molar refractivity (Wildman–Crippen MR) is 77.6 cm³/mol. The van der Waals surface area contributed by atoms with Gasteiger partial charge in [0, 0.05) is 6.20 Å². The molecule has 3 rings (SSSR count). The SMILES string of the molecule is Cc1ccnc(NP2(=O)COc3ccccc3OC2)c1. The van der Waals surface area contributed by atoms with E-state index in [4.69, 9.17) is 9.47 Å². The molecule has 1 aliphatic heterocycles. The number of rotatable bonds is 2. The summed E-state index contributed by atoms with van der Waals surface area (Å²) >= 11 is 0. The average molecular weight is 290 g/mol. The number of nitrogens with one attached hydrogen (secondary N) is 1. The highest BCUT2D eigenvalue weighted by molar-refractivity contribution is 7.65. The van der Waals surface area contributed by atoms with Crippen molar-refractivity contribution < 1.29 is 14.0 Å². The Labute approximate surface area is 117 Å². The van der Waals surface area contributed by atoms with E-state index in [0.29, 0.717) is 17.3 Å². The molecule has 1 N–H and O–H groups in total. The first-order chi connectivity index (χ1) is 9.65. The van der Waals surface area contributed by atoms with Crippen molar-refractivity contribution in [1.29, 1.82) is 0 Å². The number of anilines is 1. The molecule has 0 spiro atoms. The van der Waals surface area contributed by atoms with Gasteiger partial charge in [0.1, 0.15) is 5.82 Å². The monoisotopic (exact) mass is 290 g/mol. The molecule has 1 aliphatic rings. The summed E-state index contributed by atoms with van der Waals surface area (Å²) < 4.78 is 24.0. The molecule has 5 nitrogen and oxygen atoms in total. The smallest absolute Gasteiger partial charge is 0.242 e. The summed E-state index contributed by atoms with van der Waals surface area (Å²) in [7, 11) is -2.84. The van der Waals surface area contributed by atoms with Crippen molar-refractivity contribution in [3.63, 3.8) is 0 Å². The number of nitrogens with zero attached hydrogens (tertiary/aromatic N) is 1. The maximum absolute atomic E-state index is 12.8.